The first-order chi connectivity index (χ1) is 9.83. The van der Waals surface area contributed by atoms with Crippen molar-refractivity contribution >= 4 is 17.2 Å². The molecule has 2 rings (SSSR count). The number of esters is 1. The van der Waals surface area contributed by atoms with E-state index in [2.05, 4.69) is 37.8 Å². The molecular weight excluding hydrogens is 266 g/mol. The van der Waals surface area contributed by atoms with Crippen LogP contribution >= 0.6 is 0 Å². The van der Waals surface area contributed by atoms with Crippen LogP contribution in [0.1, 0.15) is 33.3 Å². The van der Waals surface area contributed by atoms with E-state index in [1.54, 1.807) is 7.11 Å². The Morgan fingerprint density at radius 3 is 2.52 bits per heavy atom. The van der Waals surface area contributed by atoms with Gasteiger partial charge in [-0.2, -0.15) is 0 Å². The fourth-order valence-electron chi connectivity index (χ4n) is 3.19. The third-order valence-electron chi connectivity index (χ3n) is 4.00. The molecule has 4 nitrogen and oxygen atoms in total. The summed E-state index contributed by atoms with van der Waals surface area (Å²) in [6.07, 6.45) is 2.17. The molecule has 0 bridgehead atoms. The number of methoxy groups -OCH3 is 2. The lowest BCUT2D eigenvalue weighted by Crippen LogP contribution is -2.53. The van der Waals surface area contributed by atoms with Gasteiger partial charge in [-0.15, -0.1) is 0 Å². The molecule has 0 amide bonds. The molecule has 1 aliphatic rings. The predicted octanol–water partition coefficient (Wildman–Crippen LogP) is 3.26. The second-order valence-corrected chi connectivity index (χ2v) is 5.91. The van der Waals surface area contributed by atoms with E-state index in [0.29, 0.717) is 0 Å². The Morgan fingerprint density at radius 1 is 1.29 bits per heavy atom. The van der Waals surface area contributed by atoms with Crippen LogP contribution in [0.4, 0.5) is 5.69 Å². The largest absolute Gasteiger partial charge is 0.495 e. The molecule has 1 aliphatic heterocycles. The van der Waals surface area contributed by atoms with Crippen molar-refractivity contribution in [1.29, 1.82) is 0 Å². The first-order valence-electron chi connectivity index (χ1n) is 7.07. The number of hydrogen-bond acceptors (Lipinski definition) is 4. The third kappa shape index (κ3) is 2.50. The summed E-state index contributed by atoms with van der Waals surface area (Å²) in [5.41, 5.74) is 2.91. The molecule has 1 unspecified atom stereocenters. The van der Waals surface area contributed by atoms with Crippen LogP contribution in [-0.4, -0.2) is 31.8 Å². The van der Waals surface area contributed by atoms with Crippen LogP contribution < -0.4 is 9.64 Å². The highest BCUT2D eigenvalue weighted by atomic mass is 16.5. The molecule has 0 aliphatic carbocycles. The number of anilines is 1. The molecule has 21 heavy (non-hydrogen) atoms. The Kier molecular flexibility index (Phi) is 3.99. The monoisotopic (exact) mass is 289 g/mol. The summed E-state index contributed by atoms with van der Waals surface area (Å²) >= 11 is 0. The van der Waals surface area contributed by atoms with Gasteiger partial charge in [0.2, 0.25) is 0 Å². The van der Waals surface area contributed by atoms with Gasteiger partial charge in [0.15, 0.2) is 0 Å². The summed E-state index contributed by atoms with van der Waals surface area (Å²) < 4.78 is 10.5. The number of para-hydroxylation sites is 1. The molecule has 1 heterocycles. The third-order valence-corrected chi connectivity index (χ3v) is 4.00. The van der Waals surface area contributed by atoms with Crippen molar-refractivity contribution in [2.24, 2.45) is 0 Å². The Morgan fingerprint density at radius 2 is 1.95 bits per heavy atom. The minimum atomic E-state index is -0.399. The van der Waals surface area contributed by atoms with Gasteiger partial charge < -0.3 is 14.4 Å². The standard InChI is InChI=1S/C17H23NO3/c1-11-10-17(3,4)18(12(2)16(19)21-6)15-13(11)8-7-9-14(15)20-5/h7-10,12H,1-6H3. The number of hydrogen-bond donors (Lipinski definition) is 0. The van der Waals surface area contributed by atoms with Crippen molar-refractivity contribution in [2.45, 2.75) is 39.3 Å². The van der Waals surface area contributed by atoms with Crippen LogP contribution in [-0.2, 0) is 9.53 Å². The maximum absolute atomic E-state index is 12.1. The van der Waals surface area contributed by atoms with E-state index in [1.807, 2.05) is 19.1 Å². The van der Waals surface area contributed by atoms with Crippen LogP contribution in [0.15, 0.2) is 24.3 Å². The van der Waals surface area contributed by atoms with Gasteiger partial charge in [0.1, 0.15) is 11.8 Å². The van der Waals surface area contributed by atoms with Crippen molar-refractivity contribution < 1.29 is 14.3 Å². The van der Waals surface area contributed by atoms with E-state index >= 15 is 0 Å². The van der Waals surface area contributed by atoms with E-state index in [1.165, 1.54) is 12.7 Å². The molecule has 4 heteroatoms. The first kappa shape index (κ1) is 15.4. The van der Waals surface area contributed by atoms with E-state index in [-0.39, 0.29) is 11.5 Å². The van der Waals surface area contributed by atoms with E-state index < -0.39 is 6.04 Å². The zero-order valence-corrected chi connectivity index (χ0v) is 13.6. The maximum Gasteiger partial charge on any atom is 0.328 e. The van der Waals surface area contributed by atoms with E-state index in [4.69, 9.17) is 9.47 Å². The minimum Gasteiger partial charge on any atom is -0.495 e. The highest BCUT2D eigenvalue weighted by molar-refractivity contribution is 5.89. The molecule has 1 aromatic carbocycles. The predicted molar refractivity (Wildman–Crippen MR) is 84.7 cm³/mol. The molecule has 114 valence electrons. The van der Waals surface area contributed by atoms with Crippen molar-refractivity contribution in [3.05, 3.63) is 29.8 Å². The van der Waals surface area contributed by atoms with Crippen molar-refractivity contribution in [3.63, 3.8) is 0 Å². The zero-order valence-electron chi connectivity index (χ0n) is 13.6. The van der Waals surface area contributed by atoms with Gasteiger partial charge in [-0.1, -0.05) is 18.2 Å². The van der Waals surface area contributed by atoms with Gasteiger partial charge in [0.05, 0.1) is 25.4 Å². The van der Waals surface area contributed by atoms with Gasteiger partial charge in [0.25, 0.3) is 0 Å². The summed E-state index contributed by atoms with van der Waals surface area (Å²) in [6.45, 7) is 8.12. The van der Waals surface area contributed by atoms with Crippen LogP contribution in [0.3, 0.4) is 0 Å². The number of benzene rings is 1. The smallest absolute Gasteiger partial charge is 0.328 e. The van der Waals surface area contributed by atoms with Crippen LogP contribution in [0.5, 0.6) is 5.75 Å². The molecule has 0 spiro atoms. The quantitative estimate of drug-likeness (QED) is 0.801. The maximum atomic E-state index is 12.1. The van der Waals surface area contributed by atoms with Gasteiger partial charge in [-0.3, -0.25) is 0 Å². The molecule has 1 aromatic rings. The topological polar surface area (TPSA) is 38.8 Å². The molecule has 0 aromatic heterocycles. The van der Waals surface area contributed by atoms with Crippen LogP contribution in [0, 0.1) is 0 Å². The number of ether oxygens (including phenoxy) is 2. The van der Waals surface area contributed by atoms with E-state index in [0.717, 1.165) is 17.0 Å². The Bertz CT molecular complexity index is 590. The normalized spacial score (nSPS) is 17.6. The number of carbonyl (C=O) groups is 1. The molecule has 0 saturated heterocycles. The summed E-state index contributed by atoms with van der Waals surface area (Å²) in [7, 11) is 3.07. The lowest BCUT2D eigenvalue weighted by atomic mass is 9.87. The van der Waals surface area contributed by atoms with Crippen molar-refractivity contribution in [2.75, 3.05) is 19.1 Å². The van der Waals surface area contributed by atoms with Gasteiger partial charge in [0, 0.05) is 5.56 Å². The number of nitrogens with zero attached hydrogens (tertiary/aromatic N) is 1. The summed E-state index contributed by atoms with van der Waals surface area (Å²) in [5, 5.41) is 0. The summed E-state index contributed by atoms with van der Waals surface area (Å²) in [5.74, 6) is 0.511. The zero-order chi connectivity index (χ0) is 15.8. The average molecular weight is 289 g/mol. The summed E-state index contributed by atoms with van der Waals surface area (Å²) in [4.78, 5) is 14.1. The lowest BCUT2D eigenvalue weighted by molar-refractivity contribution is -0.142. The highest BCUT2D eigenvalue weighted by Crippen LogP contribution is 2.45. The molecular formula is C17H23NO3. The fraction of sp³-hybridized carbons (Fsp3) is 0.471. The number of fused-ring (bicyclic) bond motifs is 1. The van der Waals surface area contributed by atoms with Crippen molar-refractivity contribution in [1.82, 2.24) is 0 Å². The van der Waals surface area contributed by atoms with Crippen molar-refractivity contribution in [3.8, 4) is 5.75 Å². The molecule has 0 saturated carbocycles. The number of carbonyl (C=O) groups excluding carboxylic acids is 1. The number of allylic oxidation sites excluding steroid dienone is 1. The second-order valence-electron chi connectivity index (χ2n) is 5.91. The fourth-order valence-corrected chi connectivity index (χ4v) is 3.19. The average Bonchev–Trinajstić information content (AvgIpc) is 2.44. The Balaban J connectivity index is 2.67. The first-order valence-corrected chi connectivity index (χ1v) is 7.07. The number of rotatable bonds is 3. The van der Waals surface area contributed by atoms with Gasteiger partial charge in [-0.05, 0) is 39.3 Å². The molecule has 0 fully saturated rings. The van der Waals surface area contributed by atoms with E-state index in [9.17, 15) is 4.79 Å². The molecule has 1 atom stereocenters. The lowest BCUT2D eigenvalue weighted by Gasteiger charge is -2.46. The Hall–Kier alpha value is -1.97. The van der Waals surface area contributed by atoms with Gasteiger partial charge >= 0.3 is 5.97 Å². The van der Waals surface area contributed by atoms with Crippen LogP contribution in [0.25, 0.3) is 5.57 Å². The summed E-state index contributed by atoms with van der Waals surface area (Å²) in [6, 6.07) is 5.54. The van der Waals surface area contributed by atoms with Crippen LogP contribution in [0.2, 0.25) is 0 Å². The molecule has 0 N–H and O–H groups in total. The SMILES string of the molecule is COC(=O)C(C)N1c2c(OC)cccc2C(C)=CC1(C)C. The molecule has 0 radical (unpaired) electrons. The van der Waals surface area contributed by atoms with Gasteiger partial charge in [-0.25, -0.2) is 4.79 Å². The minimum absolute atomic E-state index is 0.257. The second kappa shape index (κ2) is 5.43. The highest BCUT2D eigenvalue weighted by Gasteiger charge is 2.39. The Labute approximate surface area is 126 Å².